The first-order chi connectivity index (χ1) is 20.4. The number of ether oxygens (including phenoxy) is 4. The maximum Gasteiger partial charge on any atom is 0.330 e. The fraction of sp³-hybridized carbons (Fsp3) is 0.919. The largest absolute Gasteiger partial charge is 0.459 e. The van der Waals surface area contributed by atoms with Crippen molar-refractivity contribution in [2.24, 2.45) is 50.7 Å². The van der Waals surface area contributed by atoms with Gasteiger partial charge in [-0.05, 0) is 119 Å². The minimum absolute atomic E-state index is 0.0883. The van der Waals surface area contributed by atoms with Crippen LogP contribution in [0.2, 0.25) is 0 Å². The average Bonchev–Trinajstić information content (AvgIpc) is 3.27. The lowest BCUT2D eigenvalue weighted by atomic mass is 9.37. The van der Waals surface area contributed by atoms with Gasteiger partial charge in [-0.3, -0.25) is 0 Å². The maximum absolute atomic E-state index is 12.7. The summed E-state index contributed by atoms with van der Waals surface area (Å²) in [6, 6.07) is 0. The Morgan fingerprint density at radius 2 is 1.70 bits per heavy atom. The van der Waals surface area contributed by atoms with Gasteiger partial charge in [0.25, 0.3) is 0 Å². The van der Waals surface area contributed by atoms with Crippen LogP contribution in [0.1, 0.15) is 113 Å². The molecule has 5 aliphatic carbocycles. The van der Waals surface area contributed by atoms with E-state index in [1.807, 2.05) is 27.7 Å². The first kappa shape index (κ1) is 32.9. The summed E-state index contributed by atoms with van der Waals surface area (Å²) in [4.78, 5) is 12.7. The van der Waals surface area contributed by atoms with Crippen LogP contribution in [-0.2, 0) is 23.7 Å². The summed E-state index contributed by atoms with van der Waals surface area (Å²) >= 11 is 0. The van der Waals surface area contributed by atoms with E-state index < -0.39 is 11.7 Å². The van der Waals surface area contributed by atoms with Crippen LogP contribution < -0.4 is 0 Å². The zero-order valence-corrected chi connectivity index (χ0v) is 29.1. The molecule has 6 rings (SSSR count). The number of hydrogen-bond donors (Lipinski definition) is 2. The van der Waals surface area contributed by atoms with Crippen LogP contribution in [0.15, 0.2) is 11.6 Å². The van der Waals surface area contributed by atoms with Crippen LogP contribution in [0.25, 0.3) is 0 Å². The molecule has 0 aromatic carbocycles. The van der Waals surface area contributed by atoms with Crippen molar-refractivity contribution in [2.75, 3.05) is 14.2 Å². The third-order valence-corrected chi connectivity index (χ3v) is 15.3. The molecule has 1 saturated heterocycles. The summed E-state index contributed by atoms with van der Waals surface area (Å²) in [7, 11) is 3.38. The van der Waals surface area contributed by atoms with E-state index in [0.717, 1.165) is 50.5 Å². The van der Waals surface area contributed by atoms with E-state index in [1.54, 1.807) is 20.3 Å². The van der Waals surface area contributed by atoms with Gasteiger partial charge in [-0.2, -0.15) is 0 Å². The number of hydrogen-bond acceptors (Lipinski definition) is 7. The quantitative estimate of drug-likeness (QED) is 0.251. The zero-order chi connectivity index (χ0) is 32.3. The average molecular weight is 617 g/mol. The number of carbonyl (C=O) groups is 1. The molecule has 6 aliphatic rings. The monoisotopic (exact) mass is 616 g/mol. The molecule has 0 aromatic rings. The molecule has 44 heavy (non-hydrogen) atoms. The molecule has 0 aromatic heterocycles. The van der Waals surface area contributed by atoms with E-state index in [0.29, 0.717) is 11.8 Å². The first-order valence-electron chi connectivity index (χ1n) is 17.4. The number of aliphatic hydroxyl groups excluding tert-OH is 2. The number of rotatable bonds is 7. The second-order valence-electron chi connectivity index (χ2n) is 17.7. The molecular weight excluding hydrogens is 556 g/mol. The molecule has 0 bridgehead atoms. The van der Waals surface area contributed by atoms with Gasteiger partial charge in [0, 0.05) is 37.0 Å². The SMILES string of the molecule is CO[C@H]1O[C@@H](C(O)C(C)(C)OC)C[C@H]1[C@@H]1CC[C@]23C[C@]12CC[C@@H]1[C@@]2(C)CC[C@@H](OC(=O)C=C(C)C)C(C)(C)[C@@H]2C[C@@H](O)[C@]13C. The van der Waals surface area contributed by atoms with Gasteiger partial charge in [-0.25, -0.2) is 4.79 Å². The molecule has 1 unspecified atom stereocenters. The molecule has 0 spiro atoms. The van der Waals surface area contributed by atoms with Crippen molar-refractivity contribution in [1.29, 1.82) is 0 Å². The Hall–Kier alpha value is -0.990. The number of aliphatic hydroxyl groups is 2. The van der Waals surface area contributed by atoms with Crippen LogP contribution in [0.3, 0.4) is 0 Å². The predicted molar refractivity (Wildman–Crippen MR) is 168 cm³/mol. The minimum atomic E-state index is -0.733. The Morgan fingerprint density at radius 1 is 1.00 bits per heavy atom. The highest BCUT2D eigenvalue weighted by molar-refractivity contribution is 5.82. The van der Waals surface area contributed by atoms with E-state index in [1.165, 1.54) is 12.8 Å². The summed E-state index contributed by atoms with van der Waals surface area (Å²) in [5.41, 5.74) is 0.322. The lowest BCUT2D eigenvalue weighted by Gasteiger charge is -2.68. The van der Waals surface area contributed by atoms with Gasteiger partial charge in [-0.1, -0.05) is 33.3 Å². The zero-order valence-electron chi connectivity index (χ0n) is 29.1. The van der Waals surface area contributed by atoms with Gasteiger partial charge in [0.1, 0.15) is 12.2 Å². The van der Waals surface area contributed by atoms with Gasteiger partial charge in [0.05, 0.1) is 17.8 Å². The van der Waals surface area contributed by atoms with Crippen molar-refractivity contribution < 1.29 is 34.0 Å². The van der Waals surface area contributed by atoms with Crippen molar-refractivity contribution in [1.82, 2.24) is 0 Å². The Morgan fingerprint density at radius 3 is 2.34 bits per heavy atom. The van der Waals surface area contributed by atoms with Crippen LogP contribution >= 0.6 is 0 Å². The highest BCUT2D eigenvalue weighted by Crippen LogP contribution is 2.91. The van der Waals surface area contributed by atoms with Crippen LogP contribution in [0.4, 0.5) is 0 Å². The number of esters is 1. The summed E-state index contributed by atoms with van der Waals surface area (Å²) in [5, 5.41) is 23.5. The van der Waals surface area contributed by atoms with E-state index in [4.69, 9.17) is 18.9 Å². The Labute approximate surface area is 265 Å². The minimum Gasteiger partial charge on any atom is -0.459 e. The lowest BCUT2D eigenvalue weighted by Crippen LogP contribution is -2.66. The fourth-order valence-corrected chi connectivity index (χ4v) is 12.9. The molecule has 0 radical (unpaired) electrons. The van der Waals surface area contributed by atoms with Crippen molar-refractivity contribution in [3.8, 4) is 0 Å². The number of methoxy groups -OCH3 is 2. The van der Waals surface area contributed by atoms with Crippen LogP contribution in [0.5, 0.6) is 0 Å². The van der Waals surface area contributed by atoms with E-state index in [9.17, 15) is 15.0 Å². The lowest BCUT2D eigenvalue weighted by molar-refractivity contribution is -0.245. The molecule has 7 nitrogen and oxygen atoms in total. The second kappa shape index (κ2) is 10.5. The first-order valence-corrected chi connectivity index (χ1v) is 17.4. The van der Waals surface area contributed by atoms with E-state index in [2.05, 4.69) is 27.7 Å². The van der Waals surface area contributed by atoms with Gasteiger partial charge in [0.2, 0.25) is 0 Å². The van der Waals surface area contributed by atoms with E-state index in [-0.39, 0.29) is 69.5 Å². The normalized spacial score (nSPS) is 49.6. The third-order valence-electron chi connectivity index (χ3n) is 15.3. The van der Waals surface area contributed by atoms with Crippen molar-refractivity contribution >= 4 is 5.97 Å². The van der Waals surface area contributed by atoms with Crippen molar-refractivity contribution in [3.05, 3.63) is 11.6 Å². The van der Waals surface area contributed by atoms with Gasteiger partial charge in [0.15, 0.2) is 6.29 Å². The molecule has 1 aliphatic heterocycles. The molecule has 0 amide bonds. The number of allylic oxidation sites excluding steroid dienone is 1. The van der Waals surface area contributed by atoms with Gasteiger partial charge >= 0.3 is 5.97 Å². The predicted octanol–water partition coefficient (Wildman–Crippen LogP) is 6.44. The molecule has 5 saturated carbocycles. The second-order valence-corrected chi connectivity index (χ2v) is 17.7. The summed E-state index contributed by atoms with van der Waals surface area (Å²) < 4.78 is 24.1. The van der Waals surface area contributed by atoms with Crippen molar-refractivity contribution in [3.63, 3.8) is 0 Å². The fourth-order valence-electron chi connectivity index (χ4n) is 12.9. The van der Waals surface area contributed by atoms with Crippen LogP contribution in [0, 0.1) is 50.7 Å². The highest BCUT2D eigenvalue weighted by Gasteiger charge is 2.86. The molecule has 6 fully saturated rings. The van der Waals surface area contributed by atoms with Gasteiger partial charge < -0.3 is 29.2 Å². The molecule has 1 heterocycles. The summed E-state index contributed by atoms with van der Waals surface area (Å²) in [6.45, 7) is 17.2. The van der Waals surface area contributed by atoms with Crippen LogP contribution in [-0.4, -0.2) is 66.7 Å². The standard InChI is InChI=1S/C37H60O7/c1-21(2)17-29(39)44-28-13-14-34(7)25-12-15-36-20-37(36,35(25,8)27(38)19-26(34)32(28,3)4)16-11-23(36)22-18-24(43-31(22)41-9)30(40)33(5,6)42-10/h17,22-28,30-31,38,40H,11-16,18-20H2,1-10H3/t22-,23-,24+,25+,26-,27+,28+,30?,31-,34+,35-,36+,37+/m0/s1. The Bertz CT molecular complexity index is 1170. The molecule has 2 N–H and O–H groups in total. The highest BCUT2D eigenvalue weighted by atomic mass is 16.7. The van der Waals surface area contributed by atoms with Crippen molar-refractivity contribution in [2.45, 2.75) is 149 Å². The number of carbonyl (C=O) groups excluding carboxylic acids is 1. The Kier molecular flexibility index (Phi) is 7.86. The molecular formula is C37H60O7. The topological polar surface area (TPSA) is 94.5 Å². The maximum atomic E-state index is 12.7. The molecule has 13 atom stereocenters. The summed E-state index contributed by atoms with van der Waals surface area (Å²) in [6.07, 6.45) is 8.94. The molecule has 7 heteroatoms. The molecule has 250 valence electrons. The number of fused-ring (bicyclic) bond motifs is 3. The smallest absolute Gasteiger partial charge is 0.330 e. The van der Waals surface area contributed by atoms with Gasteiger partial charge in [-0.15, -0.1) is 0 Å². The summed E-state index contributed by atoms with van der Waals surface area (Å²) in [5.74, 6) is 1.17. The van der Waals surface area contributed by atoms with E-state index >= 15 is 0 Å². The third kappa shape index (κ3) is 4.27. The Balaban J connectivity index is 1.26.